The van der Waals surface area contributed by atoms with Crippen molar-refractivity contribution in [2.45, 2.75) is 0 Å². The van der Waals surface area contributed by atoms with Crippen LogP contribution in [0.25, 0.3) is 11.2 Å². The van der Waals surface area contributed by atoms with E-state index in [4.69, 9.17) is 5.73 Å². The van der Waals surface area contributed by atoms with Crippen LogP contribution in [0.15, 0.2) is 12.4 Å². The topological polar surface area (TPSA) is 69.6 Å². The van der Waals surface area contributed by atoms with E-state index in [2.05, 4.69) is 15.1 Å². The first-order valence-corrected chi connectivity index (χ1v) is 3.18. The molecule has 0 aliphatic heterocycles. The number of aryl methyl sites for hydroxylation is 1. The Labute approximate surface area is 62.9 Å². The van der Waals surface area contributed by atoms with Crippen LogP contribution in [-0.2, 0) is 7.05 Å². The second-order valence-electron chi connectivity index (χ2n) is 2.24. The van der Waals surface area contributed by atoms with Gasteiger partial charge in [0.05, 0.1) is 0 Å². The summed E-state index contributed by atoms with van der Waals surface area (Å²) in [6.07, 6.45) is 3.21. The van der Waals surface area contributed by atoms with Gasteiger partial charge in [-0.2, -0.15) is 5.10 Å². The van der Waals surface area contributed by atoms with Crippen LogP contribution in [0.3, 0.4) is 0 Å². The van der Waals surface area contributed by atoms with Crippen molar-refractivity contribution in [3.63, 3.8) is 0 Å². The predicted octanol–water partition coefficient (Wildman–Crippen LogP) is -0.0545. The maximum absolute atomic E-state index is 5.54. The molecule has 2 N–H and O–H groups in total. The zero-order valence-electron chi connectivity index (χ0n) is 6.02. The largest absolute Gasteiger partial charge is 0.380 e. The van der Waals surface area contributed by atoms with Gasteiger partial charge in [0.15, 0.2) is 17.0 Å². The van der Waals surface area contributed by atoms with Gasteiger partial charge in [0.2, 0.25) is 0 Å². The van der Waals surface area contributed by atoms with Crippen molar-refractivity contribution in [1.29, 1.82) is 0 Å². The van der Waals surface area contributed by atoms with Crippen LogP contribution in [0.5, 0.6) is 0 Å². The molecule has 0 saturated heterocycles. The van der Waals surface area contributed by atoms with E-state index in [0.717, 1.165) is 0 Å². The molecule has 0 radical (unpaired) electrons. The van der Waals surface area contributed by atoms with E-state index in [-0.39, 0.29) is 0 Å². The van der Waals surface area contributed by atoms with Crippen molar-refractivity contribution in [2.75, 3.05) is 5.73 Å². The van der Waals surface area contributed by atoms with Crippen LogP contribution in [-0.4, -0.2) is 19.7 Å². The molecule has 0 aromatic carbocycles. The van der Waals surface area contributed by atoms with Gasteiger partial charge < -0.3 is 5.73 Å². The summed E-state index contributed by atoms with van der Waals surface area (Å²) in [6.45, 7) is 0. The van der Waals surface area contributed by atoms with Gasteiger partial charge in [-0.3, -0.25) is 0 Å². The van der Waals surface area contributed by atoms with E-state index in [9.17, 15) is 0 Å². The second-order valence-corrected chi connectivity index (χ2v) is 2.24. The average Bonchev–Trinajstić information content (AvgIpc) is 2.30. The molecule has 0 bridgehead atoms. The van der Waals surface area contributed by atoms with Gasteiger partial charge in [0.25, 0.3) is 0 Å². The van der Waals surface area contributed by atoms with Crippen molar-refractivity contribution in [3.05, 3.63) is 12.4 Å². The van der Waals surface area contributed by atoms with Crippen molar-refractivity contribution in [3.8, 4) is 0 Å². The summed E-state index contributed by atoms with van der Waals surface area (Å²) in [6, 6.07) is 0. The minimum atomic E-state index is 0.426. The third kappa shape index (κ3) is 0.739. The lowest BCUT2D eigenvalue weighted by molar-refractivity contribution is 0.791. The molecule has 2 heterocycles. The van der Waals surface area contributed by atoms with Crippen LogP contribution in [0, 0.1) is 0 Å². The van der Waals surface area contributed by atoms with Crippen LogP contribution >= 0.6 is 0 Å². The number of aromatic nitrogens is 4. The summed E-state index contributed by atoms with van der Waals surface area (Å²) in [7, 11) is 1.79. The molecule has 2 rings (SSSR count). The molecule has 0 unspecified atom stereocenters. The lowest BCUT2D eigenvalue weighted by Crippen LogP contribution is -1.92. The Kier molecular flexibility index (Phi) is 1.06. The number of hydrogen-bond acceptors (Lipinski definition) is 4. The monoisotopic (exact) mass is 149 g/mol. The van der Waals surface area contributed by atoms with Crippen LogP contribution in [0.1, 0.15) is 0 Å². The summed E-state index contributed by atoms with van der Waals surface area (Å²) in [5.74, 6) is 0.426. The maximum atomic E-state index is 5.54. The van der Waals surface area contributed by atoms with Gasteiger partial charge >= 0.3 is 0 Å². The van der Waals surface area contributed by atoms with Crippen LogP contribution < -0.4 is 5.73 Å². The number of rotatable bonds is 0. The Morgan fingerprint density at radius 3 is 2.82 bits per heavy atom. The van der Waals surface area contributed by atoms with Gasteiger partial charge in [-0.25, -0.2) is 14.6 Å². The van der Waals surface area contributed by atoms with E-state index < -0.39 is 0 Å². The van der Waals surface area contributed by atoms with E-state index in [1.807, 2.05) is 0 Å². The second kappa shape index (κ2) is 1.91. The van der Waals surface area contributed by atoms with E-state index in [1.54, 1.807) is 24.1 Å². The molecule has 0 aliphatic carbocycles. The minimum absolute atomic E-state index is 0.426. The quantitative estimate of drug-likeness (QED) is 0.570. The number of nitrogens with zero attached hydrogens (tertiary/aromatic N) is 4. The molecule has 56 valence electrons. The molecular weight excluding hydrogens is 142 g/mol. The van der Waals surface area contributed by atoms with Crippen LogP contribution in [0.4, 0.5) is 5.82 Å². The fourth-order valence-electron chi connectivity index (χ4n) is 1.00. The Balaban J connectivity index is 2.95. The van der Waals surface area contributed by atoms with Crippen LogP contribution in [0.2, 0.25) is 0 Å². The third-order valence-corrected chi connectivity index (χ3v) is 1.49. The number of hydrogen-bond donors (Lipinski definition) is 1. The first kappa shape index (κ1) is 6.09. The third-order valence-electron chi connectivity index (χ3n) is 1.49. The molecule has 0 atom stereocenters. The number of nitrogen functional groups attached to an aromatic ring is 1. The lowest BCUT2D eigenvalue weighted by Gasteiger charge is -1.87. The van der Waals surface area contributed by atoms with Crippen molar-refractivity contribution in [1.82, 2.24) is 19.7 Å². The Morgan fingerprint density at radius 2 is 2.09 bits per heavy atom. The van der Waals surface area contributed by atoms with Crippen molar-refractivity contribution >= 4 is 17.0 Å². The van der Waals surface area contributed by atoms with Gasteiger partial charge in [-0.15, -0.1) is 0 Å². The highest BCUT2D eigenvalue weighted by Crippen LogP contribution is 2.12. The molecule has 11 heavy (non-hydrogen) atoms. The summed E-state index contributed by atoms with van der Waals surface area (Å²) in [5, 5.41) is 3.96. The summed E-state index contributed by atoms with van der Waals surface area (Å²) >= 11 is 0. The zero-order chi connectivity index (χ0) is 7.84. The minimum Gasteiger partial charge on any atom is -0.380 e. The number of anilines is 1. The fraction of sp³-hybridized carbons (Fsp3) is 0.167. The van der Waals surface area contributed by atoms with Gasteiger partial charge in [0.1, 0.15) is 0 Å². The normalized spacial score (nSPS) is 10.6. The standard InChI is InChI=1S/C6H7N5/c1-11-6-4(5(7)10-11)8-2-3-9-6/h2-3H,1H3,(H2,7,10). The molecule has 0 fully saturated rings. The Morgan fingerprint density at radius 1 is 1.36 bits per heavy atom. The first-order chi connectivity index (χ1) is 5.29. The van der Waals surface area contributed by atoms with E-state index >= 15 is 0 Å². The Hall–Kier alpha value is -1.65. The highest BCUT2D eigenvalue weighted by atomic mass is 15.3. The smallest absolute Gasteiger partial charge is 0.178 e. The summed E-state index contributed by atoms with van der Waals surface area (Å²) in [4.78, 5) is 8.09. The van der Waals surface area contributed by atoms with E-state index in [0.29, 0.717) is 17.0 Å². The van der Waals surface area contributed by atoms with Gasteiger partial charge in [0, 0.05) is 19.4 Å². The molecule has 0 amide bonds. The highest BCUT2D eigenvalue weighted by Gasteiger charge is 2.05. The molecule has 0 aliphatic rings. The highest BCUT2D eigenvalue weighted by molar-refractivity contribution is 5.81. The lowest BCUT2D eigenvalue weighted by atomic mass is 10.5. The maximum Gasteiger partial charge on any atom is 0.178 e. The Bertz CT molecular complexity index is 355. The van der Waals surface area contributed by atoms with E-state index in [1.165, 1.54) is 0 Å². The van der Waals surface area contributed by atoms with Crippen molar-refractivity contribution < 1.29 is 0 Å². The molecule has 5 nitrogen and oxygen atoms in total. The molecule has 2 aromatic rings. The average molecular weight is 149 g/mol. The summed E-state index contributed by atoms with van der Waals surface area (Å²) < 4.78 is 1.61. The SMILES string of the molecule is Cn1nc(N)c2nccnc21. The van der Waals surface area contributed by atoms with Gasteiger partial charge in [-0.1, -0.05) is 0 Å². The first-order valence-electron chi connectivity index (χ1n) is 3.18. The summed E-state index contributed by atoms with van der Waals surface area (Å²) in [5.41, 5.74) is 6.92. The zero-order valence-corrected chi connectivity index (χ0v) is 6.02. The van der Waals surface area contributed by atoms with Gasteiger partial charge in [-0.05, 0) is 0 Å². The fourth-order valence-corrected chi connectivity index (χ4v) is 1.00. The molecule has 0 saturated carbocycles. The molecule has 2 aromatic heterocycles. The predicted molar refractivity (Wildman–Crippen MR) is 40.7 cm³/mol. The molecule has 0 spiro atoms. The number of nitrogens with two attached hydrogens (primary N) is 1. The molecular formula is C6H7N5. The molecule has 5 heteroatoms. The van der Waals surface area contributed by atoms with Crippen molar-refractivity contribution in [2.24, 2.45) is 7.05 Å². The number of fused-ring (bicyclic) bond motifs is 1.